The largest absolute Gasteiger partial charge is 0.360 e. The number of anilines is 1. The predicted octanol–water partition coefficient (Wildman–Crippen LogP) is 3.87. The second kappa shape index (κ2) is 8.61. The van der Waals surface area contributed by atoms with Crippen molar-refractivity contribution in [1.82, 2.24) is 14.9 Å². The molecule has 0 atom stereocenters. The molecule has 1 aliphatic rings. The second-order valence-corrected chi connectivity index (χ2v) is 7.54. The van der Waals surface area contributed by atoms with Crippen LogP contribution in [0, 0.1) is 5.82 Å². The van der Waals surface area contributed by atoms with Gasteiger partial charge < -0.3 is 9.80 Å². The quantitative estimate of drug-likeness (QED) is 0.648. The van der Waals surface area contributed by atoms with Gasteiger partial charge in [-0.1, -0.05) is 42.5 Å². The number of hydrogen-bond acceptors (Lipinski definition) is 4. The Morgan fingerprint density at radius 2 is 1.83 bits per heavy atom. The molecule has 0 unspecified atom stereocenters. The summed E-state index contributed by atoms with van der Waals surface area (Å²) in [4.78, 5) is 26.5. The lowest BCUT2D eigenvalue weighted by atomic mass is 10.0. The van der Waals surface area contributed by atoms with Crippen LogP contribution in [-0.4, -0.2) is 40.9 Å². The van der Waals surface area contributed by atoms with Crippen molar-refractivity contribution in [2.75, 3.05) is 25.0 Å². The zero-order valence-corrected chi connectivity index (χ0v) is 17.3. The van der Waals surface area contributed by atoms with Gasteiger partial charge in [0.05, 0.1) is 18.7 Å². The van der Waals surface area contributed by atoms with Gasteiger partial charge in [-0.3, -0.25) is 4.79 Å². The molecule has 2 heterocycles. The Bertz CT molecular complexity index is 1040. The molecule has 1 amide bonds. The van der Waals surface area contributed by atoms with Crippen LogP contribution in [0.3, 0.4) is 0 Å². The summed E-state index contributed by atoms with van der Waals surface area (Å²) in [5, 5.41) is 0. The predicted molar refractivity (Wildman–Crippen MR) is 116 cm³/mol. The molecule has 4 rings (SSSR count). The maximum absolute atomic E-state index is 13.1. The van der Waals surface area contributed by atoms with Crippen LogP contribution >= 0.6 is 0 Å². The number of benzene rings is 2. The summed E-state index contributed by atoms with van der Waals surface area (Å²) in [6.45, 7) is 4.00. The van der Waals surface area contributed by atoms with Crippen molar-refractivity contribution in [3.63, 3.8) is 0 Å². The number of carbonyl (C=O) groups is 1. The molecule has 3 aromatic rings. The summed E-state index contributed by atoms with van der Waals surface area (Å²) in [6, 6.07) is 16.1. The van der Waals surface area contributed by atoms with Crippen LogP contribution in [0.15, 0.2) is 54.6 Å². The zero-order valence-electron chi connectivity index (χ0n) is 17.3. The lowest BCUT2D eigenvalue weighted by molar-refractivity contribution is -0.131. The number of hydrogen-bond donors (Lipinski definition) is 0. The van der Waals surface area contributed by atoms with Crippen LogP contribution in [0.4, 0.5) is 10.2 Å². The Balaban J connectivity index is 1.61. The van der Waals surface area contributed by atoms with Crippen molar-refractivity contribution in [1.29, 1.82) is 0 Å². The first-order valence-electron chi connectivity index (χ1n) is 10.2. The summed E-state index contributed by atoms with van der Waals surface area (Å²) in [5.74, 6) is 1.33. The Hall–Kier alpha value is -3.28. The van der Waals surface area contributed by atoms with E-state index in [4.69, 9.17) is 9.97 Å². The van der Waals surface area contributed by atoms with Gasteiger partial charge >= 0.3 is 0 Å². The van der Waals surface area contributed by atoms with E-state index in [0.717, 1.165) is 40.6 Å². The summed E-state index contributed by atoms with van der Waals surface area (Å²) in [5.41, 5.74) is 3.82. The zero-order chi connectivity index (χ0) is 21.1. The number of carbonyl (C=O) groups excluding carboxylic acids is 1. The highest BCUT2D eigenvalue weighted by molar-refractivity contribution is 5.79. The molecular formula is C24H25FN4O. The standard InChI is InChI=1S/C24H25FN4O/c1-3-28(2)24-20-16-29(22(30)15-17-9-11-19(25)12-10-17)14-13-21(20)26-23(27-24)18-7-5-4-6-8-18/h4-12H,3,13-16H2,1-2H3. The van der Waals surface area contributed by atoms with Gasteiger partial charge in [0, 0.05) is 37.7 Å². The van der Waals surface area contributed by atoms with E-state index < -0.39 is 0 Å². The van der Waals surface area contributed by atoms with Gasteiger partial charge in [0.2, 0.25) is 5.91 Å². The normalized spacial score (nSPS) is 13.1. The summed E-state index contributed by atoms with van der Waals surface area (Å²) >= 11 is 0. The topological polar surface area (TPSA) is 49.3 Å². The van der Waals surface area contributed by atoms with E-state index in [0.29, 0.717) is 19.5 Å². The summed E-state index contributed by atoms with van der Waals surface area (Å²) in [6.07, 6.45) is 0.953. The van der Waals surface area contributed by atoms with Crippen molar-refractivity contribution in [3.8, 4) is 11.4 Å². The number of fused-ring (bicyclic) bond motifs is 1. The average Bonchev–Trinajstić information content (AvgIpc) is 2.79. The maximum Gasteiger partial charge on any atom is 0.227 e. The lowest BCUT2D eigenvalue weighted by Crippen LogP contribution is -2.38. The van der Waals surface area contributed by atoms with E-state index in [9.17, 15) is 9.18 Å². The van der Waals surface area contributed by atoms with Gasteiger partial charge in [-0.2, -0.15) is 0 Å². The van der Waals surface area contributed by atoms with Crippen molar-refractivity contribution < 1.29 is 9.18 Å². The first-order valence-corrected chi connectivity index (χ1v) is 10.2. The number of rotatable bonds is 5. The van der Waals surface area contributed by atoms with Crippen molar-refractivity contribution in [2.45, 2.75) is 26.3 Å². The van der Waals surface area contributed by atoms with Gasteiger partial charge in [-0.15, -0.1) is 0 Å². The summed E-state index contributed by atoms with van der Waals surface area (Å²) < 4.78 is 13.1. The summed E-state index contributed by atoms with van der Waals surface area (Å²) in [7, 11) is 2.01. The van der Waals surface area contributed by atoms with Crippen LogP contribution in [0.1, 0.15) is 23.7 Å². The van der Waals surface area contributed by atoms with Crippen LogP contribution in [0.25, 0.3) is 11.4 Å². The third kappa shape index (κ3) is 4.17. The number of aromatic nitrogens is 2. The molecule has 154 valence electrons. The molecule has 6 heteroatoms. The molecule has 0 fully saturated rings. The number of amides is 1. The molecule has 30 heavy (non-hydrogen) atoms. The Labute approximate surface area is 176 Å². The minimum Gasteiger partial charge on any atom is -0.360 e. The van der Waals surface area contributed by atoms with E-state index in [-0.39, 0.29) is 18.1 Å². The molecular weight excluding hydrogens is 379 g/mol. The van der Waals surface area contributed by atoms with Gasteiger partial charge in [0.1, 0.15) is 11.6 Å². The fourth-order valence-electron chi connectivity index (χ4n) is 3.68. The van der Waals surface area contributed by atoms with Crippen LogP contribution in [0.5, 0.6) is 0 Å². The highest BCUT2D eigenvalue weighted by Gasteiger charge is 2.27. The Morgan fingerprint density at radius 3 is 2.53 bits per heavy atom. The molecule has 0 saturated carbocycles. The van der Waals surface area contributed by atoms with Crippen molar-refractivity contribution in [2.24, 2.45) is 0 Å². The van der Waals surface area contributed by atoms with Crippen molar-refractivity contribution in [3.05, 3.63) is 77.2 Å². The van der Waals surface area contributed by atoms with Crippen LogP contribution in [-0.2, 0) is 24.2 Å². The minimum absolute atomic E-state index is 0.0319. The van der Waals surface area contributed by atoms with E-state index in [2.05, 4.69) is 11.8 Å². The van der Waals surface area contributed by atoms with E-state index in [1.807, 2.05) is 42.3 Å². The van der Waals surface area contributed by atoms with Gasteiger partial charge in [0.15, 0.2) is 5.82 Å². The third-order valence-corrected chi connectivity index (χ3v) is 5.53. The molecule has 0 aliphatic carbocycles. The van der Waals surface area contributed by atoms with E-state index in [1.54, 1.807) is 12.1 Å². The van der Waals surface area contributed by atoms with Gasteiger partial charge in [0.25, 0.3) is 0 Å². The molecule has 1 aliphatic heterocycles. The van der Waals surface area contributed by atoms with Crippen LogP contribution in [0.2, 0.25) is 0 Å². The first kappa shape index (κ1) is 20.0. The number of halogens is 1. The van der Waals surface area contributed by atoms with E-state index >= 15 is 0 Å². The molecule has 0 saturated heterocycles. The molecule has 1 aromatic heterocycles. The van der Waals surface area contributed by atoms with Crippen molar-refractivity contribution >= 4 is 11.7 Å². The van der Waals surface area contributed by atoms with Crippen LogP contribution < -0.4 is 4.90 Å². The Morgan fingerprint density at radius 1 is 1.10 bits per heavy atom. The van der Waals surface area contributed by atoms with E-state index in [1.165, 1.54) is 12.1 Å². The number of nitrogens with zero attached hydrogens (tertiary/aromatic N) is 4. The molecule has 0 spiro atoms. The van der Waals surface area contributed by atoms with Gasteiger partial charge in [-0.25, -0.2) is 14.4 Å². The molecule has 0 N–H and O–H groups in total. The second-order valence-electron chi connectivity index (χ2n) is 7.54. The SMILES string of the molecule is CCN(C)c1nc(-c2ccccc2)nc2c1CN(C(=O)Cc1ccc(F)cc1)CC2. The lowest BCUT2D eigenvalue weighted by Gasteiger charge is -2.31. The molecule has 2 aromatic carbocycles. The monoisotopic (exact) mass is 404 g/mol. The third-order valence-electron chi connectivity index (χ3n) is 5.53. The molecule has 0 radical (unpaired) electrons. The first-order chi connectivity index (χ1) is 14.5. The Kier molecular flexibility index (Phi) is 5.74. The molecule has 0 bridgehead atoms. The smallest absolute Gasteiger partial charge is 0.227 e. The fourth-order valence-corrected chi connectivity index (χ4v) is 3.68. The fraction of sp³-hybridized carbons (Fsp3) is 0.292. The average molecular weight is 404 g/mol. The maximum atomic E-state index is 13.1. The highest BCUT2D eigenvalue weighted by Crippen LogP contribution is 2.29. The highest BCUT2D eigenvalue weighted by atomic mass is 19.1. The molecule has 5 nitrogen and oxygen atoms in total. The van der Waals surface area contributed by atoms with Gasteiger partial charge in [-0.05, 0) is 24.6 Å². The minimum atomic E-state index is -0.295.